The normalized spacial score (nSPS) is 11.6. The van der Waals surface area contributed by atoms with Gasteiger partial charge >= 0.3 is 0 Å². The van der Waals surface area contributed by atoms with Gasteiger partial charge in [0.2, 0.25) is 0 Å². The smallest absolute Gasteiger partial charge is 0.137 e. The van der Waals surface area contributed by atoms with Crippen LogP contribution in [0.4, 0.5) is 5.82 Å². The summed E-state index contributed by atoms with van der Waals surface area (Å²) in [5.41, 5.74) is 0.200. The highest BCUT2D eigenvalue weighted by Gasteiger charge is 2.22. The minimum Gasteiger partial charge on any atom is -0.388 e. The Balaban J connectivity index is 2.79. The van der Waals surface area contributed by atoms with E-state index < -0.39 is 5.60 Å². The number of rotatable bonds is 6. The maximum absolute atomic E-state index is 10.2. The van der Waals surface area contributed by atoms with Gasteiger partial charge in [-0.05, 0) is 19.3 Å². The van der Waals surface area contributed by atoms with E-state index in [2.05, 4.69) is 15.3 Å². The van der Waals surface area contributed by atoms with E-state index in [1.54, 1.807) is 0 Å². The molecule has 0 atom stereocenters. The van der Waals surface area contributed by atoms with E-state index >= 15 is 0 Å². The predicted octanol–water partition coefficient (Wildman–Crippen LogP) is 2.66. The topological polar surface area (TPSA) is 58.0 Å². The first-order valence-corrected chi connectivity index (χ1v) is 6.39. The van der Waals surface area contributed by atoms with Crippen molar-refractivity contribution in [2.75, 3.05) is 11.9 Å². The molecule has 0 bridgehead atoms. The third-order valence-corrected chi connectivity index (χ3v) is 3.47. The Labute approximate surface area is 107 Å². The third-order valence-electron chi connectivity index (χ3n) is 3.15. The third kappa shape index (κ3) is 3.54. The molecule has 2 N–H and O–H groups in total. The molecule has 1 aromatic heterocycles. The molecular weight excluding hydrogens is 238 g/mol. The lowest BCUT2D eigenvalue weighted by Gasteiger charge is -2.26. The second kappa shape index (κ2) is 6.17. The van der Waals surface area contributed by atoms with Crippen molar-refractivity contribution in [2.24, 2.45) is 0 Å². The van der Waals surface area contributed by atoms with Crippen molar-refractivity contribution in [1.82, 2.24) is 9.97 Å². The molecule has 1 rings (SSSR count). The number of hydrogen-bond acceptors (Lipinski definition) is 4. The lowest BCUT2D eigenvalue weighted by atomic mass is 9.97. The average molecular weight is 258 g/mol. The molecule has 0 aromatic carbocycles. The minimum atomic E-state index is -0.692. The number of anilines is 1. The minimum absolute atomic E-state index is 0.473. The summed E-state index contributed by atoms with van der Waals surface area (Å²) in [6.07, 6.45) is 3.60. The standard InChI is InChI=1S/C12H20ClN3O/c1-4-9-10(13)15-8-16-11(9)14-7-12(17,5-2)6-3/h8,17H,4-7H2,1-3H3,(H,14,15,16). The van der Waals surface area contributed by atoms with Gasteiger partial charge in [0.15, 0.2) is 0 Å². The molecule has 0 aliphatic carbocycles. The van der Waals surface area contributed by atoms with E-state index in [0.717, 1.165) is 12.0 Å². The molecule has 5 heteroatoms. The highest BCUT2D eigenvalue weighted by molar-refractivity contribution is 6.30. The first-order chi connectivity index (χ1) is 8.06. The molecule has 0 saturated carbocycles. The number of aromatic nitrogens is 2. The first-order valence-electron chi connectivity index (χ1n) is 6.02. The van der Waals surface area contributed by atoms with Gasteiger partial charge in [-0.2, -0.15) is 0 Å². The summed E-state index contributed by atoms with van der Waals surface area (Å²) in [6.45, 7) is 6.42. The zero-order valence-electron chi connectivity index (χ0n) is 10.6. The van der Waals surface area contributed by atoms with Crippen LogP contribution in [0.2, 0.25) is 5.15 Å². The SMILES string of the molecule is CCc1c(Cl)ncnc1NCC(O)(CC)CC. The van der Waals surface area contributed by atoms with Crippen molar-refractivity contribution in [3.05, 3.63) is 17.0 Å². The van der Waals surface area contributed by atoms with Crippen molar-refractivity contribution >= 4 is 17.4 Å². The van der Waals surface area contributed by atoms with Crippen LogP contribution in [0.3, 0.4) is 0 Å². The van der Waals surface area contributed by atoms with Gasteiger partial charge in [0, 0.05) is 12.1 Å². The van der Waals surface area contributed by atoms with Gasteiger partial charge in [-0.15, -0.1) is 0 Å². The molecule has 1 aromatic rings. The second-order valence-electron chi connectivity index (χ2n) is 4.13. The molecule has 0 fully saturated rings. The highest BCUT2D eigenvalue weighted by Crippen LogP contribution is 2.22. The predicted molar refractivity (Wildman–Crippen MR) is 70.4 cm³/mol. The Bertz CT molecular complexity index is 367. The fraction of sp³-hybridized carbons (Fsp3) is 0.667. The summed E-state index contributed by atoms with van der Waals surface area (Å²) < 4.78 is 0. The van der Waals surface area contributed by atoms with E-state index in [-0.39, 0.29) is 0 Å². The fourth-order valence-corrected chi connectivity index (χ4v) is 1.87. The number of nitrogens with zero attached hydrogens (tertiary/aromatic N) is 2. The van der Waals surface area contributed by atoms with Gasteiger partial charge < -0.3 is 10.4 Å². The van der Waals surface area contributed by atoms with Crippen molar-refractivity contribution in [3.8, 4) is 0 Å². The first kappa shape index (κ1) is 14.2. The summed E-state index contributed by atoms with van der Waals surface area (Å²) in [4.78, 5) is 8.11. The maximum atomic E-state index is 10.2. The molecule has 0 saturated heterocycles. The van der Waals surface area contributed by atoms with Crippen LogP contribution < -0.4 is 5.32 Å². The maximum Gasteiger partial charge on any atom is 0.137 e. The molecule has 4 nitrogen and oxygen atoms in total. The Morgan fingerprint density at radius 3 is 2.47 bits per heavy atom. The molecule has 1 heterocycles. The molecule has 0 radical (unpaired) electrons. The van der Waals surface area contributed by atoms with Crippen molar-refractivity contribution in [3.63, 3.8) is 0 Å². The molecular formula is C12H20ClN3O. The molecule has 0 unspecified atom stereocenters. The summed E-state index contributed by atoms with van der Waals surface area (Å²) >= 11 is 5.99. The fourth-order valence-electron chi connectivity index (χ4n) is 1.60. The Morgan fingerprint density at radius 1 is 1.29 bits per heavy atom. The Morgan fingerprint density at radius 2 is 1.94 bits per heavy atom. The molecule has 96 valence electrons. The van der Waals surface area contributed by atoms with E-state index in [1.807, 2.05) is 20.8 Å². The summed E-state index contributed by atoms with van der Waals surface area (Å²) in [7, 11) is 0. The van der Waals surface area contributed by atoms with Gasteiger partial charge in [0.05, 0.1) is 5.60 Å². The van der Waals surface area contributed by atoms with E-state index in [1.165, 1.54) is 6.33 Å². The van der Waals surface area contributed by atoms with Crippen LogP contribution in [-0.4, -0.2) is 27.2 Å². The highest BCUT2D eigenvalue weighted by atomic mass is 35.5. The molecule has 0 amide bonds. The Hall–Kier alpha value is -0.870. The summed E-state index contributed by atoms with van der Waals surface area (Å²) in [6, 6.07) is 0. The number of aliphatic hydroxyl groups is 1. The van der Waals surface area contributed by atoms with Crippen molar-refractivity contribution in [2.45, 2.75) is 45.6 Å². The van der Waals surface area contributed by atoms with Crippen molar-refractivity contribution < 1.29 is 5.11 Å². The van der Waals surface area contributed by atoms with Crippen LogP contribution in [0.25, 0.3) is 0 Å². The monoisotopic (exact) mass is 257 g/mol. The van der Waals surface area contributed by atoms with Gasteiger partial charge in [-0.25, -0.2) is 9.97 Å². The van der Waals surface area contributed by atoms with Gasteiger partial charge in [-0.3, -0.25) is 0 Å². The average Bonchev–Trinajstić information content (AvgIpc) is 2.36. The zero-order chi connectivity index (χ0) is 12.9. The van der Waals surface area contributed by atoms with Crippen LogP contribution >= 0.6 is 11.6 Å². The van der Waals surface area contributed by atoms with Crippen molar-refractivity contribution in [1.29, 1.82) is 0 Å². The van der Waals surface area contributed by atoms with E-state index in [4.69, 9.17) is 11.6 Å². The zero-order valence-corrected chi connectivity index (χ0v) is 11.4. The van der Waals surface area contributed by atoms with E-state index in [9.17, 15) is 5.11 Å². The number of hydrogen-bond donors (Lipinski definition) is 2. The van der Waals surface area contributed by atoms with Crippen LogP contribution in [0.5, 0.6) is 0 Å². The second-order valence-corrected chi connectivity index (χ2v) is 4.49. The van der Waals surface area contributed by atoms with Crippen LogP contribution in [0.1, 0.15) is 39.2 Å². The molecule has 0 aliphatic rings. The molecule has 0 aliphatic heterocycles. The summed E-state index contributed by atoms with van der Waals surface area (Å²) in [5.74, 6) is 0.716. The number of nitrogens with one attached hydrogen (secondary N) is 1. The molecule has 0 spiro atoms. The number of halogens is 1. The van der Waals surface area contributed by atoms with Gasteiger partial charge in [0.1, 0.15) is 17.3 Å². The van der Waals surface area contributed by atoms with Gasteiger partial charge in [0.25, 0.3) is 0 Å². The summed E-state index contributed by atoms with van der Waals surface area (Å²) in [5, 5.41) is 13.8. The lowest BCUT2D eigenvalue weighted by Crippen LogP contribution is -2.35. The van der Waals surface area contributed by atoms with Crippen LogP contribution in [0.15, 0.2) is 6.33 Å². The largest absolute Gasteiger partial charge is 0.388 e. The Kier molecular flexibility index (Phi) is 5.15. The van der Waals surface area contributed by atoms with Gasteiger partial charge in [-0.1, -0.05) is 32.4 Å². The lowest BCUT2D eigenvalue weighted by molar-refractivity contribution is 0.0456. The molecule has 17 heavy (non-hydrogen) atoms. The van der Waals surface area contributed by atoms with Crippen LogP contribution in [-0.2, 0) is 6.42 Å². The van der Waals surface area contributed by atoms with Crippen LogP contribution in [0, 0.1) is 0 Å². The quantitative estimate of drug-likeness (QED) is 0.770. The van der Waals surface area contributed by atoms with E-state index in [0.29, 0.717) is 30.4 Å².